The van der Waals surface area contributed by atoms with E-state index in [1.165, 1.54) is 0 Å². The molecule has 0 atom stereocenters. The van der Waals surface area contributed by atoms with Gasteiger partial charge in [0.05, 0.1) is 16.6 Å². The largest absolute Gasteiger partial charge is 0.370 e. The van der Waals surface area contributed by atoms with Gasteiger partial charge in [-0.25, -0.2) is 9.97 Å². The third-order valence-corrected chi connectivity index (χ3v) is 5.30. The van der Waals surface area contributed by atoms with Gasteiger partial charge in [-0.15, -0.1) is 0 Å². The number of rotatable bonds is 5. The normalized spacial score (nSPS) is 12.9. The van der Waals surface area contributed by atoms with Crippen molar-refractivity contribution < 1.29 is 9.32 Å². The Morgan fingerprint density at radius 3 is 2.80 bits per heavy atom. The summed E-state index contributed by atoms with van der Waals surface area (Å²) >= 11 is 0. The van der Waals surface area contributed by atoms with Crippen molar-refractivity contribution >= 4 is 28.4 Å². The summed E-state index contributed by atoms with van der Waals surface area (Å²) in [7, 11) is 2.03. The highest BCUT2D eigenvalue weighted by molar-refractivity contribution is 6.06. The number of primary amides is 1. The number of carbonyl (C=O) groups is 1. The monoisotopic (exact) mass is 400 g/mol. The second-order valence-electron chi connectivity index (χ2n) is 7.28. The van der Waals surface area contributed by atoms with Gasteiger partial charge in [0, 0.05) is 26.6 Å². The Balaban J connectivity index is 1.59. The van der Waals surface area contributed by atoms with Gasteiger partial charge >= 0.3 is 0 Å². The lowest BCUT2D eigenvalue weighted by Crippen LogP contribution is -2.15. The molecule has 3 heterocycles. The molecule has 2 aromatic carbocycles. The Morgan fingerprint density at radius 1 is 1.17 bits per heavy atom. The van der Waals surface area contributed by atoms with Crippen LogP contribution in [0.4, 0.5) is 11.5 Å². The molecule has 8 nitrogen and oxygen atoms in total. The van der Waals surface area contributed by atoms with Gasteiger partial charge in [-0.2, -0.15) is 0 Å². The molecule has 0 bridgehead atoms. The number of aromatic nitrogens is 3. The number of likely N-dealkylation sites (N-methyl/N-ethyl adjacent to an activating group) is 1. The molecule has 30 heavy (non-hydrogen) atoms. The Labute approximate surface area is 172 Å². The van der Waals surface area contributed by atoms with Crippen molar-refractivity contribution in [2.45, 2.75) is 13.0 Å². The fraction of sp³-hybridized carbons (Fsp3) is 0.182. The van der Waals surface area contributed by atoms with Crippen LogP contribution in [0.25, 0.3) is 22.5 Å². The van der Waals surface area contributed by atoms with Crippen molar-refractivity contribution in [3.05, 3.63) is 65.4 Å². The minimum absolute atomic E-state index is 0.287. The van der Waals surface area contributed by atoms with Crippen LogP contribution in [0.5, 0.6) is 0 Å². The smallest absolute Gasteiger partial charge is 0.252 e. The molecule has 0 saturated carbocycles. The van der Waals surface area contributed by atoms with Gasteiger partial charge < -0.3 is 20.5 Å². The average Bonchev–Trinajstić information content (AvgIpc) is 3.36. The van der Waals surface area contributed by atoms with Crippen LogP contribution in [0.3, 0.4) is 0 Å². The van der Waals surface area contributed by atoms with E-state index in [0.29, 0.717) is 29.0 Å². The SMILES string of the molecule is CN1CCc2nc(-c3noc4c(C(N)=O)cccc34)nc(NCc3ccccc3)c21. The fourth-order valence-electron chi connectivity index (χ4n) is 3.79. The molecule has 0 saturated heterocycles. The van der Waals surface area contributed by atoms with Gasteiger partial charge in [-0.1, -0.05) is 41.6 Å². The summed E-state index contributed by atoms with van der Waals surface area (Å²) in [5.41, 5.74) is 9.71. The first-order chi connectivity index (χ1) is 14.6. The van der Waals surface area contributed by atoms with E-state index in [-0.39, 0.29) is 5.56 Å². The molecule has 1 aliphatic rings. The molecule has 1 aliphatic heterocycles. The first kappa shape index (κ1) is 18.1. The molecular weight excluding hydrogens is 380 g/mol. The zero-order chi connectivity index (χ0) is 20.7. The number of nitrogens with two attached hydrogens (primary N) is 1. The summed E-state index contributed by atoms with van der Waals surface area (Å²) in [5, 5.41) is 8.27. The first-order valence-electron chi connectivity index (χ1n) is 9.70. The Hall–Kier alpha value is -3.94. The Bertz CT molecular complexity index is 1250. The van der Waals surface area contributed by atoms with Crippen LogP contribution in [-0.2, 0) is 13.0 Å². The summed E-state index contributed by atoms with van der Waals surface area (Å²) in [6.45, 7) is 1.52. The van der Waals surface area contributed by atoms with E-state index in [1.54, 1.807) is 12.1 Å². The van der Waals surface area contributed by atoms with Crippen molar-refractivity contribution in [2.75, 3.05) is 23.8 Å². The molecule has 1 amide bonds. The van der Waals surface area contributed by atoms with Gasteiger partial charge in [0.15, 0.2) is 22.9 Å². The summed E-state index contributed by atoms with van der Waals surface area (Å²) in [6, 6.07) is 15.3. The fourth-order valence-corrected chi connectivity index (χ4v) is 3.79. The van der Waals surface area contributed by atoms with Crippen molar-refractivity contribution in [2.24, 2.45) is 5.73 Å². The molecule has 8 heteroatoms. The lowest BCUT2D eigenvalue weighted by Gasteiger charge is -2.17. The van der Waals surface area contributed by atoms with Crippen LogP contribution >= 0.6 is 0 Å². The predicted octanol–water partition coefficient (Wildman–Crippen LogP) is 2.99. The van der Waals surface area contributed by atoms with E-state index in [2.05, 4.69) is 27.5 Å². The summed E-state index contributed by atoms with van der Waals surface area (Å²) in [5.74, 6) is 0.644. The number of nitrogens with one attached hydrogen (secondary N) is 1. The van der Waals surface area contributed by atoms with Crippen LogP contribution in [0, 0.1) is 0 Å². The number of amides is 1. The number of para-hydroxylation sites is 1. The molecule has 0 spiro atoms. The highest BCUT2D eigenvalue weighted by Crippen LogP contribution is 2.36. The third-order valence-electron chi connectivity index (χ3n) is 5.30. The third kappa shape index (κ3) is 3.02. The van der Waals surface area contributed by atoms with Gasteiger partial charge in [-0.3, -0.25) is 4.79 Å². The second kappa shape index (κ2) is 7.14. The number of carbonyl (C=O) groups excluding carboxylic acids is 1. The standard InChI is InChI=1S/C22H20N6O2/c1-28-11-10-16-18(28)22(24-12-13-6-3-2-4-7-13)26-21(25-16)17-14-8-5-9-15(20(23)29)19(14)30-27-17/h2-9H,10-12H2,1H3,(H2,23,29)(H,24,25,26). The van der Waals surface area contributed by atoms with E-state index in [4.69, 9.17) is 20.2 Å². The van der Waals surface area contributed by atoms with E-state index in [0.717, 1.165) is 35.7 Å². The van der Waals surface area contributed by atoms with E-state index in [1.807, 2.05) is 31.3 Å². The van der Waals surface area contributed by atoms with E-state index < -0.39 is 5.91 Å². The van der Waals surface area contributed by atoms with Crippen molar-refractivity contribution in [1.82, 2.24) is 15.1 Å². The lowest BCUT2D eigenvalue weighted by atomic mass is 10.1. The summed E-state index contributed by atoms with van der Waals surface area (Å²) < 4.78 is 5.44. The summed E-state index contributed by atoms with van der Waals surface area (Å²) in [4.78, 5) is 23.4. The van der Waals surface area contributed by atoms with Crippen LogP contribution in [0.1, 0.15) is 21.6 Å². The molecule has 0 fully saturated rings. The maximum atomic E-state index is 11.7. The van der Waals surface area contributed by atoms with Crippen LogP contribution in [0.2, 0.25) is 0 Å². The predicted molar refractivity (Wildman–Crippen MR) is 114 cm³/mol. The molecule has 0 unspecified atom stereocenters. The average molecular weight is 400 g/mol. The van der Waals surface area contributed by atoms with E-state index >= 15 is 0 Å². The highest BCUT2D eigenvalue weighted by Gasteiger charge is 2.26. The van der Waals surface area contributed by atoms with Crippen LogP contribution in [-0.4, -0.2) is 34.6 Å². The van der Waals surface area contributed by atoms with Gasteiger partial charge in [0.1, 0.15) is 5.69 Å². The highest BCUT2D eigenvalue weighted by atomic mass is 16.5. The topological polar surface area (TPSA) is 110 Å². The number of anilines is 2. The number of fused-ring (bicyclic) bond motifs is 2. The van der Waals surface area contributed by atoms with E-state index in [9.17, 15) is 4.79 Å². The van der Waals surface area contributed by atoms with Crippen LogP contribution < -0.4 is 16.0 Å². The number of nitrogens with zero attached hydrogens (tertiary/aromatic N) is 4. The second-order valence-corrected chi connectivity index (χ2v) is 7.28. The molecule has 4 aromatic rings. The zero-order valence-corrected chi connectivity index (χ0v) is 16.4. The Kier molecular flexibility index (Phi) is 4.31. The minimum atomic E-state index is -0.565. The van der Waals surface area contributed by atoms with Gasteiger partial charge in [0.25, 0.3) is 5.91 Å². The quantitative estimate of drug-likeness (QED) is 0.530. The molecule has 0 radical (unpaired) electrons. The molecule has 0 aliphatic carbocycles. The van der Waals surface area contributed by atoms with Crippen molar-refractivity contribution in [3.63, 3.8) is 0 Å². The number of benzene rings is 2. The molecule has 2 aromatic heterocycles. The molecule has 5 rings (SSSR count). The van der Waals surface area contributed by atoms with Crippen molar-refractivity contribution in [1.29, 1.82) is 0 Å². The maximum absolute atomic E-state index is 11.7. The minimum Gasteiger partial charge on any atom is -0.370 e. The first-order valence-corrected chi connectivity index (χ1v) is 9.70. The molecule has 3 N–H and O–H groups in total. The molecular formula is C22H20N6O2. The molecule has 150 valence electrons. The maximum Gasteiger partial charge on any atom is 0.252 e. The van der Waals surface area contributed by atoms with Gasteiger partial charge in [0.2, 0.25) is 0 Å². The van der Waals surface area contributed by atoms with Crippen molar-refractivity contribution in [3.8, 4) is 11.5 Å². The Morgan fingerprint density at radius 2 is 2.00 bits per heavy atom. The lowest BCUT2D eigenvalue weighted by molar-refractivity contribution is 0.100. The van der Waals surface area contributed by atoms with Gasteiger partial charge in [-0.05, 0) is 17.7 Å². The number of hydrogen-bond donors (Lipinski definition) is 2. The summed E-state index contributed by atoms with van der Waals surface area (Å²) in [6.07, 6.45) is 0.823. The zero-order valence-electron chi connectivity index (χ0n) is 16.4. The van der Waals surface area contributed by atoms with Crippen LogP contribution in [0.15, 0.2) is 53.1 Å². The number of hydrogen-bond acceptors (Lipinski definition) is 7.